The van der Waals surface area contributed by atoms with Gasteiger partial charge in [-0.05, 0) is 35.7 Å². The van der Waals surface area contributed by atoms with Crippen molar-refractivity contribution < 1.29 is 23.8 Å². The van der Waals surface area contributed by atoms with E-state index >= 15 is 0 Å². The van der Waals surface area contributed by atoms with E-state index in [0.717, 1.165) is 23.4 Å². The zero-order chi connectivity index (χ0) is 22.7. The van der Waals surface area contributed by atoms with Gasteiger partial charge >= 0.3 is 0 Å². The van der Waals surface area contributed by atoms with Crippen LogP contribution in [0.15, 0.2) is 42.5 Å². The second-order valence-electron chi connectivity index (χ2n) is 8.59. The van der Waals surface area contributed by atoms with Gasteiger partial charge in [-0.3, -0.25) is 9.59 Å². The van der Waals surface area contributed by atoms with E-state index in [1.807, 2.05) is 42.5 Å². The van der Waals surface area contributed by atoms with Gasteiger partial charge in [0.15, 0.2) is 11.5 Å². The number of methoxy groups -OCH3 is 1. The minimum absolute atomic E-state index is 0.0601. The van der Waals surface area contributed by atoms with Gasteiger partial charge in [0.2, 0.25) is 11.8 Å². The van der Waals surface area contributed by atoms with Crippen molar-refractivity contribution in [3.8, 4) is 17.2 Å². The fourth-order valence-corrected chi connectivity index (χ4v) is 4.19. The molecule has 2 unspecified atom stereocenters. The molecule has 4 rings (SSSR count). The van der Waals surface area contributed by atoms with Crippen LogP contribution in [0.5, 0.6) is 17.2 Å². The molecular formula is C25H30N2O5. The minimum atomic E-state index is -0.407. The first-order valence-corrected chi connectivity index (χ1v) is 11.1. The zero-order valence-corrected chi connectivity index (χ0v) is 18.8. The number of carbonyl (C=O) groups excluding carboxylic acids is 2. The van der Waals surface area contributed by atoms with Crippen molar-refractivity contribution in [3.05, 3.63) is 48.0 Å². The summed E-state index contributed by atoms with van der Waals surface area (Å²) in [5.41, 5.74) is 1.71. The highest BCUT2D eigenvalue weighted by atomic mass is 16.5. The molecule has 7 heteroatoms. The Morgan fingerprint density at radius 3 is 2.66 bits per heavy atom. The number of fused-ring (bicyclic) bond motifs is 1. The van der Waals surface area contributed by atoms with Crippen molar-refractivity contribution in [2.45, 2.75) is 32.7 Å². The molecule has 1 fully saturated rings. The maximum absolute atomic E-state index is 13.2. The number of rotatable bonds is 6. The quantitative estimate of drug-likeness (QED) is 0.744. The Morgan fingerprint density at radius 1 is 1.12 bits per heavy atom. The average molecular weight is 439 g/mol. The summed E-state index contributed by atoms with van der Waals surface area (Å²) >= 11 is 0. The molecule has 2 amide bonds. The standard InChI is InChI=1S/C25H30N2O5/c1-16(2)24(17-8-9-21-22(12-17)32-11-5-10-31-21)26-25(29)18-13-23(28)27(15-18)19-6-4-7-20(14-19)30-3/h4,6-9,12,14,16,18,24H,5,10-11,13,15H2,1-3H3,(H,26,29). The number of carbonyl (C=O) groups is 2. The monoisotopic (exact) mass is 438 g/mol. The Balaban J connectivity index is 1.48. The summed E-state index contributed by atoms with van der Waals surface area (Å²) in [6.07, 6.45) is 1.03. The van der Waals surface area contributed by atoms with Gasteiger partial charge in [0.25, 0.3) is 0 Å². The molecule has 1 N–H and O–H groups in total. The van der Waals surface area contributed by atoms with Gasteiger partial charge in [-0.2, -0.15) is 0 Å². The summed E-state index contributed by atoms with van der Waals surface area (Å²) in [7, 11) is 1.59. The van der Waals surface area contributed by atoms with E-state index in [0.29, 0.717) is 31.3 Å². The van der Waals surface area contributed by atoms with Gasteiger partial charge in [0.05, 0.1) is 32.3 Å². The van der Waals surface area contributed by atoms with Crippen LogP contribution in [-0.4, -0.2) is 38.7 Å². The van der Waals surface area contributed by atoms with Gasteiger partial charge in [0.1, 0.15) is 5.75 Å². The predicted octanol–water partition coefficient (Wildman–Crippen LogP) is 3.72. The Morgan fingerprint density at radius 2 is 1.91 bits per heavy atom. The van der Waals surface area contributed by atoms with E-state index < -0.39 is 5.92 Å². The third kappa shape index (κ3) is 4.66. The molecular weight excluding hydrogens is 408 g/mol. The average Bonchev–Trinajstić information content (AvgIpc) is 3.03. The minimum Gasteiger partial charge on any atom is -0.497 e. The molecule has 2 aliphatic rings. The van der Waals surface area contributed by atoms with E-state index in [1.54, 1.807) is 12.0 Å². The molecule has 0 spiro atoms. The van der Waals surface area contributed by atoms with Crippen LogP contribution in [0, 0.1) is 11.8 Å². The molecule has 32 heavy (non-hydrogen) atoms. The summed E-state index contributed by atoms with van der Waals surface area (Å²) < 4.78 is 16.8. The molecule has 2 heterocycles. The third-order valence-electron chi connectivity index (χ3n) is 5.96. The van der Waals surface area contributed by atoms with E-state index in [4.69, 9.17) is 14.2 Å². The van der Waals surface area contributed by atoms with Crippen LogP contribution in [0.3, 0.4) is 0 Å². The maximum Gasteiger partial charge on any atom is 0.227 e. The second-order valence-corrected chi connectivity index (χ2v) is 8.59. The molecule has 2 aromatic rings. The van der Waals surface area contributed by atoms with Crippen molar-refractivity contribution in [2.24, 2.45) is 11.8 Å². The molecule has 7 nitrogen and oxygen atoms in total. The summed E-state index contributed by atoms with van der Waals surface area (Å²) in [6.45, 7) is 5.73. The van der Waals surface area contributed by atoms with Crippen molar-refractivity contribution in [3.63, 3.8) is 0 Å². The van der Waals surface area contributed by atoms with Gasteiger partial charge in [0, 0.05) is 31.1 Å². The first kappa shape index (κ1) is 22.0. The highest BCUT2D eigenvalue weighted by Crippen LogP contribution is 2.35. The SMILES string of the molecule is COc1cccc(N2CC(C(=O)NC(c3ccc4c(c3)OCCCO4)C(C)C)CC2=O)c1. The summed E-state index contributed by atoms with van der Waals surface area (Å²) in [4.78, 5) is 27.5. The van der Waals surface area contributed by atoms with Crippen molar-refractivity contribution in [1.82, 2.24) is 5.32 Å². The van der Waals surface area contributed by atoms with Gasteiger partial charge in [-0.25, -0.2) is 0 Å². The van der Waals surface area contributed by atoms with Crippen LogP contribution >= 0.6 is 0 Å². The van der Waals surface area contributed by atoms with Crippen LogP contribution in [-0.2, 0) is 9.59 Å². The fourth-order valence-electron chi connectivity index (χ4n) is 4.19. The Bertz CT molecular complexity index is 990. The molecule has 0 bridgehead atoms. The lowest BCUT2D eigenvalue weighted by Crippen LogP contribution is -2.37. The van der Waals surface area contributed by atoms with Crippen LogP contribution < -0.4 is 24.4 Å². The lowest BCUT2D eigenvalue weighted by molar-refractivity contribution is -0.127. The van der Waals surface area contributed by atoms with Gasteiger partial charge < -0.3 is 24.4 Å². The smallest absolute Gasteiger partial charge is 0.227 e. The number of ether oxygens (including phenoxy) is 3. The summed E-state index contributed by atoms with van der Waals surface area (Å²) in [6, 6.07) is 13.0. The molecule has 1 saturated heterocycles. The number of benzene rings is 2. The second kappa shape index (κ2) is 9.51. The van der Waals surface area contributed by atoms with E-state index in [-0.39, 0.29) is 30.2 Å². The number of hydrogen-bond donors (Lipinski definition) is 1. The van der Waals surface area contributed by atoms with Crippen LogP contribution in [0.4, 0.5) is 5.69 Å². The zero-order valence-electron chi connectivity index (χ0n) is 18.8. The molecule has 170 valence electrons. The van der Waals surface area contributed by atoms with Crippen molar-refractivity contribution in [1.29, 1.82) is 0 Å². The summed E-state index contributed by atoms with van der Waals surface area (Å²) in [5.74, 6) is 1.70. The summed E-state index contributed by atoms with van der Waals surface area (Å²) in [5, 5.41) is 3.17. The third-order valence-corrected chi connectivity index (χ3v) is 5.96. The van der Waals surface area contributed by atoms with E-state index in [1.165, 1.54) is 0 Å². The lowest BCUT2D eigenvalue weighted by atomic mass is 9.94. The number of amides is 2. The van der Waals surface area contributed by atoms with E-state index in [2.05, 4.69) is 19.2 Å². The van der Waals surface area contributed by atoms with Crippen LogP contribution in [0.2, 0.25) is 0 Å². The first-order chi connectivity index (χ1) is 15.5. The molecule has 0 aliphatic carbocycles. The Labute approximate surface area is 188 Å². The van der Waals surface area contributed by atoms with Gasteiger partial charge in [-0.15, -0.1) is 0 Å². The highest BCUT2D eigenvalue weighted by molar-refractivity contribution is 6.00. The molecule has 0 radical (unpaired) electrons. The molecule has 0 saturated carbocycles. The highest BCUT2D eigenvalue weighted by Gasteiger charge is 2.36. The molecule has 2 aliphatic heterocycles. The first-order valence-electron chi connectivity index (χ1n) is 11.1. The number of hydrogen-bond acceptors (Lipinski definition) is 5. The molecule has 2 atom stereocenters. The Hall–Kier alpha value is -3.22. The number of nitrogens with zero attached hydrogens (tertiary/aromatic N) is 1. The number of nitrogens with one attached hydrogen (secondary N) is 1. The predicted molar refractivity (Wildman–Crippen MR) is 121 cm³/mol. The van der Waals surface area contributed by atoms with Crippen molar-refractivity contribution >= 4 is 17.5 Å². The van der Waals surface area contributed by atoms with Crippen LogP contribution in [0.25, 0.3) is 0 Å². The van der Waals surface area contributed by atoms with E-state index in [9.17, 15) is 9.59 Å². The maximum atomic E-state index is 13.2. The fraction of sp³-hybridized carbons (Fsp3) is 0.440. The number of anilines is 1. The lowest BCUT2D eigenvalue weighted by Gasteiger charge is -2.25. The molecule has 2 aromatic carbocycles. The molecule has 0 aromatic heterocycles. The normalized spacial score (nSPS) is 18.9. The van der Waals surface area contributed by atoms with Crippen LogP contribution in [0.1, 0.15) is 38.3 Å². The largest absolute Gasteiger partial charge is 0.497 e. The van der Waals surface area contributed by atoms with Gasteiger partial charge in [-0.1, -0.05) is 26.0 Å². The Kier molecular flexibility index (Phi) is 6.53. The topological polar surface area (TPSA) is 77.1 Å². The van der Waals surface area contributed by atoms with Crippen molar-refractivity contribution in [2.75, 3.05) is 31.8 Å².